The summed E-state index contributed by atoms with van der Waals surface area (Å²) in [6.07, 6.45) is 2.50. The fourth-order valence-electron chi connectivity index (χ4n) is 2.19. The van der Waals surface area contributed by atoms with Crippen molar-refractivity contribution in [2.75, 3.05) is 0 Å². The van der Waals surface area contributed by atoms with Gasteiger partial charge in [0.2, 0.25) is 0 Å². The fourth-order valence-corrected chi connectivity index (χ4v) is 2.80. The molecule has 0 aliphatic heterocycles. The first-order chi connectivity index (χ1) is 12.1. The number of fused-ring (bicyclic) bond motifs is 1. The summed E-state index contributed by atoms with van der Waals surface area (Å²) in [5.41, 5.74) is 6.82. The second-order valence-electron chi connectivity index (χ2n) is 5.11. The third-order valence-electron chi connectivity index (χ3n) is 3.40. The number of nitrogens with zero attached hydrogens (tertiary/aromatic N) is 3. The Morgan fingerprint density at radius 1 is 1.16 bits per heavy atom. The monoisotopic (exact) mass is 356 g/mol. The predicted molar refractivity (Wildman–Crippen MR) is 98.6 cm³/mol. The Labute approximate surface area is 147 Å². The summed E-state index contributed by atoms with van der Waals surface area (Å²) >= 11 is 1.29. The van der Waals surface area contributed by atoms with Gasteiger partial charge in [-0.3, -0.25) is 4.98 Å². The molecule has 0 amide bonds. The van der Waals surface area contributed by atoms with Gasteiger partial charge in [-0.25, -0.2) is 8.78 Å². The van der Waals surface area contributed by atoms with Crippen LogP contribution in [0.15, 0.2) is 64.9 Å². The molecule has 2 aromatic carbocycles. The van der Waals surface area contributed by atoms with E-state index in [0.717, 1.165) is 17.8 Å². The summed E-state index contributed by atoms with van der Waals surface area (Å²) in [6, 6.07) is 14.0. The van der Waals surface area contributed by atoms with Crippen LogP contribution in [0.2, 0.25) is 0 Å². The largest absolute Gasteiger partial charge is 0.377 e. The normalized spacial score (nSPS) is 12.2. The zero-order valence-corrected chi connectivity index (χ0v) is 13.9. The molecule has 0 aliphatic carbocycles. The Morgan fingerprint density at radius 2 is 1.96 bits per heavy atom. The maximum atomic E-state index is 14.4. The van der Waals surface area contributed by atoms with Crippen LogP contribution in [-0.4, -0.2) is 16.4 Å². The molecule has 0 fully saturated rings. The summed E-state index contributed by atoms with van der Waals surface area (Å²) in [6.45, 7) is 0. The number of rotatable bonds is 4. The van der Waals surface area contributed by atoms with Gasteiger partial charge in [-0.15, -0.1) is 5.10 Å². The van der Waals surface area contributed by atoms with E-state index < -0.39 is 11.6 Å². The molecule has 2 N–H and O–H groups in total. The molecule has 7 heteroatoms. The minimum Gasteiger partial charge on any atom is -0.377 e. The number of nitrogens with two attached hydrogens (primary N) is 1. The molecular formula is C18H14F2N4S. The summed E-state index contributed by atoms with van der Waals surface area (Å²) in [5.74, 6) is -0.841. The third kappa shape index (κ3) is 4.19. The van der Waals surface area contributed by atoms with E-state index in [0.29, 0.717) is 5.75 Å². The van der Waals surface area contributed by atoms with Gasteiger partial charge in [-0.2, -0.15) is 5.10 Å². The van der Waals surface area contributed by atoms with Crippen molar-refractivity contribution in [2.45, 2.75) is 5.75 Å². The van der Waals surface area contributed by atoms with Gasteiger partial charge in [-0.05, 0) is 17.7 Å². The standard InChI is InChI=1S/C18H14F2N4S/c19-15-9-16-13(7-4-8-22-16)17(20)14(15)10-23-24-18(21)25-11-12-5-2-1-3-6-12/h1-10H,11H2,(H2,21,24). The first-order valence-corrected chi connectivity index (χ1v) is 8.39. The highest BCUT2D eigenvalue weighted by atomic mass is 32.2. The summed E-state index contributed by atoms with van der Waals surface area (Å²) < 4.78 is 28.4. The van der Waals surface area contributed by atoms with Gasteiger partial charge in [0, 0.05) is 23.4 Å². The van der Waals surface area contributed by atoms with E-state index in [9.17, 15) is 8.78 Å². The smallest absolute Gasteiger partial charge is 0.180 e. The number of hydrogen-bond donors (Lipinski definition) is 1. The lowest BCUT2D eigenvalue weighted by atomic mass is 10.1. The topological polar surface area (TPSA) is 63.6 Å². The van der Waals surface area contributed by atoms with Crippen molar-refractivity contribution >= 4 is 34.0 Å². The third-order valence-corrected chi connectivity index (χ3v) is 4.26. The van der Waals surface area contributed by atoms with Gasteiger partial charge in [0.15, 0.2) is 5.17 Å². The molecule has 0 unspecified atom stereocenters. The lowest BCUT2D eigenvalue weighted by molar-refractivity contribution is 0.588. The first kappa shape index (κ1) is 17.0. The Kier molecular flexibility index (Phi) is 5.35. The number of thioether (sulfide) groups is 1. The number of amidine groups is 1. The van der Waals surface area contributed by atoms with Gasteiger partial charge in [-0.1, -0.05) is 42.1 Å². The van der Waals surface area contributed by atoms with Crippen molar-refractivity contribution < 1.29 is 8.78 Å². The van der Waals surface area contributed by atoms with Gasteiger partial charge >= 0.3 is 0 Å². The maximum absolute atomic E-state index is 14.4. The van der Waals surface area contributed by atoms with Crippen molar-refractivity contribution in [3.63, 3.8) is 0 Å². The van der Waals surface area contributed by atoms with Gasteiger partial charge in [0.05, 0.1) is 17.3 Å². The van der Waals surface area contributed by atoms with Crippen LogP contribution >= 0.6 is 11.8 Å². The lowest BCUT2D eigenvalue weighted by Gasteiger charge is -2.03. The van der Waals surface area contributed by atoms with Crippen molar-refractivity contribution in [2.24, 2.45) is 15.9 Å². The van der Waals surface area contributed by atoms with E-state index in [1.165, 1.54) is 24.0 Å². The lowest BCUT2D eigenvalue weighted by Crippen LogP contribution is -2.06. The molecule has 0 aliphatic rings. The van der Waals surface area contributed by atoms with Crippen LogP contribution in [0.1, 0.15) is 11.1 Å². The highest BCUT2D eigenvalue weighted by Gasteiger charge is 2.12. The van der Waals surface area contributed by atoms with Crippen LogP contribution < -0.4 is 5.73 Å². The minimum absolute atomic E-state index is 0.211. The second-order valence-corrected chi connectivity index (χ2v) is 6.11. The number of halogens is 2. The molecule has 126 valence electrons. The summed E-state index contributed by atoms with van der Waals surface area (Å²) in [4.78, 5) is 3.93. The second kappa shape index (κ2) is 7.85. The van der Waals surface area contributed by atoms with Crippen LogP contribution in [0.25, 0.3) is 10.9 Å². The van der Waals surface area contributed by atoms with Crippen LogP contribution in [0.5, 0.6) is 0 Å². The molecule has 0 atom stereocenters. The number of pyridine rings is 1. The first-order valence-electron chi connectivity index (χ1n) is 7.41. The van der Waals surface area contributed by atoms with E-state index in [2.05, 4.69) is 15.2 Å². The quantitative estimate of drug-likeness (QED) is 0.435. The Balaban J connectivity index is 1.74. The molecule has 0 saturated carbocycles. The van der Waals surface area contributed by atoms with E-state index in [1.54, 1.807) is 6.07 Å². The molecule has 1 aromatic heterocycles. The van der Waals surface area contributed by atoms with Crippen LogP contribution in [0.4, 0.5) is 8.78 Å². The molecule has 0 saturated heterocycles. The molecular weight excluding hydrogens is 342 g/mol. The molecule has 4 nitrogen and oxygen atoms in total. The van der Waals surface area contributed by atoms with Crippen molar-refractivity contribution in [3.8, 4) is 0 Å². The molecule has 0 bridgehead atoms. The van der Waals surface area contributed by atoms with E-state index in [-0.39, 0.29) is 21.6 Å². The van der Waals surface area contributed by atoms with Crippen molar-refractivity contribution in [3.05, 3.63) is 77.5 Å². The Morgan fingerprint density at radius 3 is 2.76 bits per heavy atom. The van der Waals surface area contributed by atoms with Crippen molar-refractivity contribution in [1.29, 1.82) is 0 Å². The van der Waals surface area contributed by atoms with E-state index in [1.807, 2.05) is 30.3 Å². The minimum atomic E-state index is -0.752. The highest BCUT2D eigenvalue weighted by Crippen LogP contribution is 2.21. The average molecular weight is 356 g/mol. The summed E-state index contributed by atoms with van der Waals surface area (Å²) in [7, 11) is 0. The van der Waals surface area contributed by atoms with Gasteiger partial charge in [0.1, 0.15) is 11.6 Å². The summed E-state index contributed by atoms with van der Waals surface area (Å²) in [5, 5.41) is 7.91. The van der Waals surface area contributed by atoms with Gasteiger partial charge in [0.25, 0.3) is 0 Å². The van der Waals surface area contributed by atoms with E-state index in [4.69, 9.17) is 5.73 Å². The molecule has 3 rings (SSSR count). The Hall–Kier alpha value is -2.80. The molecule has 1 heterocycles. The highest BCUT2D eigenvalue weighted by molar-refractivity contribution is 8.13. The fraction of sp³-hybridized carbons (Fsp3) is 0.0556. The molecule has 25 heavy (non-hydrogen) atoms. The van der Waals surface area contributed by atoms with Crippen LogP contribution in [0, 0.1) is 11.6 Å². The average Bonchev–Trinajstić information content (AvgIpc) is 2.63. The van der Waals surface area contributed by atoms with Crippen LogP contribution in [-0.2, 0) is 5.75 Å². The van der Waals surface area contributed by atoms with Crippen LogP contribution in [0.3, 0.4) is 0 Å². The van der Waals surface area contributed by atoms with Gasteiger partial charge < -0.3 is 5.73 Å². The van der Waals surface area contributed by atoms with Crippen molar-refractivity contribution in [1.82, 2.24) is 4.98 Å². The molecule has 0 spiro atoms. The predicted octanol–water partition coefficient (Wildman–Crippen LogP) is 4.10. The SMILES string of the molecule is NC(=NN=Cc1c(F)cc2ncccc2c1F)SCc1ccccc1. The molecule has 0 radical (unpaired) electrons. The zero-order valence-electron chi connectivity index (χ0n) is 13.1. The number of aromatic nitrogens is 1. The number of benzene rings is 2. The number of hydrogen-bond acceptors (Lipinski definition) is 4. The van der Waals surface area contributed by atoms with E-state index >= 15 is 0 Å². The zero-order chi connectivity index (χ0) is 17.6. The Bertz CT molecular complexity index is 942. The molecule has 3 aromatic rings. The maximum Gasteiger partial charge on any atom is 0.180 e.